The molecule has 0 unspecified atom stereocenters. The topological polar surface area (TPSA) is 46.6 Å². The van der Waals surface area contributed by atoms with Crippen molar-refractivity contribution in [3.05, 3.63) is 0 Å². The number of hydrogen-bond donors (Lipinski definition) is 0. The highest BCUT2D eigenvalue weighted by Gasteiger charge is 2.51. The maximum atomic E-state index is 12.9. The highest BCUT2D eigenvalue weighted by molar-refractivity contribution is 6.01. The number of hydrogen-bond acceptors (Lipinski definition) is 3. The number of Topliss-reactive ketones (excluding diaryl/α,β-unsaturated/α-hetero) is 1. The van der Waals surface area contributed by atoms with Crippen LogP contribution >= 0.6 is 0 Å². The van der Waals surface area contributed by atoms with Gasteiger partial charge in [-0.25, -0.2) is 0 Å². The normalized spacial score (nSPS) is 27.7. The molecule has 0 aromatic heterocycles. The van der Waals surface area contributed by atoms with Crippen LogP contribution in [0, 0.1) is 0 Å². The molecule has 0 aliphatic carbocycles. The van der Waals surface area contributed by atoms with Crippen molar-refractivity contribution in [2.45, 2.75) is 43.9 Å². The van der Waals surface area contributed by atoms with Gasteiger partial charge in [0.15, 0.2) is 0 Å². The monoisotopic (exact) mass is 265 g/mol. The summed E-state index contributed by atoms with van der Waals surface area (Å²) in [6.07, 6.45) is -4.79. The van der Waals surface area contributed by atoms with Gasteiger partial charge in [-0.2, -0.15) is 13.2 Å². The number of amides is 1. The zero-order valence-electron chi connectivity index (χ0n) is 9.70. The number of carbonyl (C=O) groups excluding carboxylic acids is 2. The van der Waals surface area contributed by atoms with Crippen molar-refractivity contribution < 1.29 is 27.5 Å². The van der Waals surface area contributed by atoms with E-state index in [1.807, 2.05) is 0 Å². The Hall–Kier alpha value is -1.11. The summed E-state index contributed by atoms with van der Waals surface area (Å²) in [5.74, 6) is -1.34. The van der Waals surface area contributed by atoms with Gasteiger partial charge in [-0.3, -0.25) is 9.59 Å². The van der Waals surface area contributed by atoms with Gasteiger partial charge in [-0.1, -0.05) is 0 Å². The minimum Gasteiger partial charge on any atom is -0.381 e. The zero-order chi connectivity index (χ0) is 13.3. The quantitative estimate of drug-likeness (QED) is 0.671. The van der Waals surface area contributed by atoms with Gasteiger partial charge in [0.2, 0.25) is 5.91 Å². The molecule has 7 heteroatoms. The Morgan fingerprint density at radius 3 is 2.33 bits per heavy atom. The molecule has 2 rings (SSSR count). The molecule has 2 fully saturated rings. The van der Waals surface area contributed by atoms with Gasteiger partial charge in [0.25, 0.3) is 0 Å². The molecule has 2 aliphatic rings. The van der Waals surface area contributed by atoms with E-state index < -0.39 is 42.8 Å². The first-order valence-electron chi connectivity index (χ1n) is 5.87. The van der Waals surface area contributed by atoms with Crippen molar-refractivity contribution in [3.63, 3.8) is 0 Å². The molecular weight excluding hydrogens is 251 g/mol. The molecule has 2 saturated heterocycles. The predicted molar refractivity (Wildman–Crippen MR) is 54.8 cm³/mol. The van der Waals surface area contributed by atoms with Gasteiger partial charge < -0.3 is 9.64 Å². The first-order valence-corrected chi connectivity index (χ1v) is 5.87. The molecule has 0 N–H and O–H groups in total. The summed E-state index contributed by atoms with van der Waals surface area (Å²) in [6, 6.07) is -2.43. The number of carbonyl (C=O) groups is 2. The van der Waals surface area contributed by atoms with Crippen LogP contribution in [-0.2, 0) is 14.3 Å². The third-order valence-electron chi connectivity index (χ3n) is 3.36. The first-order chi connectivity index (χ1) is 8.39. The van der Waals surface area contributed by atoms with Crippen LogP contribution in [0.3, 0.4) is 0 Å². The largest absolute Gasteiger partial charge is 0.409 e. The molecule has 0 radical (unpaired) electrons. The SMILES string of the molecule is O=C1CC(=O)N(C2CCOCC2)[C@H](C(F)(F)F)C1. The summed E-state index contributed by atoms with van der Waals surface area (Å²) < 4.78 is 43.8. The lowest BCUT2D eigenvalue weighted by atomic mass is 9.95. The second-order valence-electron chi connectivity index (χ2n) is 4.62. The number of alkyl halides is 3. The molecule has 2 aliphatic heterocycles. The lowest BCUT2D eigenvalue weighted by Crippen LogP contribution is -2.58. The standard InChI is InChI=1S/C11H14F3NO3/c12-11(13,14)9-5-8(16)6-10(17)15(9)7-1-3-18-4-2-7/h7,9H,1-6H2/t9-/m0/s1. The van der Waals surface area contributed by atoms with Gasteiger partial charge in [-0.05, 0) is 12.8 Å². The summed E-state index contributed by atoms with van der Waals surface area (Å²) in [6.45, 7) is 0.708. The summed E-state index contributed by atoms with van der Waals surface area (Å²) in [5.41, 5.74) is 0. The van der Waals surface area contributed by atoms with Crippen molar-refractivity contribution in [2.75, 3.05) is 13.2 Å². The molecule has 1 amide bonds. The van der Waals surface area contributed by atoms with E-state index in [1.54, 1.807) is 0 Å². The minimum atomic E-state index is -4.55. The number of nitrogens with zero attached hydrogens (tertiary/aromatic N) is 1. The molecule has 4 nitrogen and oxygen atoms in total. The van der Waals surface area contributed by atoms with Gasteiger partial charge in [0.05, 0.1) is 6.42 Å². The van der Waals surface area contributed by atoms with Crippen molar-refractivity contribution >= 4 is 11.7 Å². The average Bonchev–Trinajstić information content (AvgIpc) is 2.28. The van der Waals surface area contributed by atoms with Gasteiger partial charge >= 0.3 is 6.18 Å². The molecule has 2 heterocycles. The van der Waals surface area contributed by atoms with Crippen LogP contribution in [0.15, 0.2) is 0 Å². The Morgan fingerprint density at radius 2 is 1.78 bits per heavy atom. The van der Waals surface area contributed by atoms with Crippen molar-refractivity contribution in [3.8, 4) is 0 Å². The molecule has 0 spiro atoms. The number of likely N-dealkylation sites (tertiary alicyclic amines) is 1. The Morgan fingerprint density at radius 1 is 1.17 bits per heavy atom. The van der Waals surface area contributed by atoms with Gasteiger partial charge in [0.1, 0.15) is 11.8 Å². The van der Waals surface area contributed by atoms with E-state index in [-0.39, 0.29) is 0 Å². The van der Waals surface area contributed by atoms with Crippen LogP contribution in [0.4, 0.5) is 13.2 Å². The average molecular weight is 265 g/mol. The van der Waals surface area contributed by atoms with Crippen LogP contribution in [-0.4, -0.2) is 48.1 Å². The van der Waals surface area contributed by atoms with Crippen molar-refractivity contribution in [2.24, 2.45) is 0 Å². The number of rotatable bonds is 1. The summed E-state index contributed by atoms with van der Waals surface area (Å²) in [4.78, 5) is 23.8. The fraction of sp³-hybridized carbons (Fsp3) is 0.818. The Labute approximate surface area is 102 Å². The Bertz CT molecular complexity index is 350. The Balaban J connectivity index is 2.21. The fourth-order valence-electron chi connectivity index (χ4n) is 2.51. The zero-order valence-corrected chi connectivity index (χ0v) is 9.70. The van der Waals surface area contributed by atoms with Gasteiger partial charge in [0, 0.05) is 25.7 Å². The molecule has 0 saturated carbocycles. The molecule has 0 bridgehead atoms. The van der Waals surface area contributed by atoms with Crippen molar-refractivity contribution in [1.82, 2.24) is 4.90 Å². The highest BCUT2D eigenvalue weighted by atomic mass is 19.4. The highest BCUT2D eigenvalue weighted by Crippen LogP contribution is 2.34. The maximum absolute atomic E-state index is 12.9. The van der Waals surface area contributed by atoms with E-state index in [0.29, 0.717) is 26.1 Å². The van der Waals surface area contributed by atoms with Crippen molar-refractivity contribution in [1.29, 1.82) is 0 Å². The summed E-state index contributed by atoms with van der Waals surface area (Å²) in [7, 11) is 0. The van der Waals surface area contributed by atoms with Crippen LogP contribution in [0.25, 0.3) is 0 Å². The predicted octanol–water partition coefficient (Wildman–Crippen LogP) is 1.29. The second-order valence-corrected chi connectivity index (χ2v) is 4.62. The molecule has 18 heavy (non-hydrogen) atoms. The molecule has 0 aromatic rings. The van der Waals surface area contributed by atoms with Gasteiger partial charge in [-0.15, -0.1) is 0 Å². The smallest absolute Gasteiger partial charge is 0.381 e. The van der Waals surface area contributed by atoms with E-state index >= 15 is 0 Å². The molecular formula is C11H14F3NO3. The number of piperidine rings is 1. The van der Waals surface area contributed by atoms with Crippen LogP contribution in [0.2, 0.25) is 0 Å². The molecule has 0 aromatic carbocycles. The second kappa shape index (κ2) is 4.87. The van der Waals surface area contributed by atoms with E-state index in [9.17, 15) is 22.8 Å². The van der Waals surface area contributed by atoms with E-state index in [1.165, 1.54) is 0 Å². The maximum Gasteiger partial charge on any atom is 0.409 e. The summed E-state index contributed by atoms with van der Waals surface area (Å²) in [5, 5.41) is 0. The summed E-state index contributed by atoms with van der Waals surface area (Å²) >= 11 is 0. The van der Waals surface area contributed by atoms with Crippen LogP contribution < -0.4 is 0 Å². The Kier molecular flexibility index (Phi) is 3.61. The number of halogens is 3. The lowest BCUT2D eigenvalue weighted by Gasteiger charge is -2.42. The number of ether oxygens (including phenoxy) is 1. The first kappa shape index (κ1) is 13.3. The fourth-order valence-corrected chi connectivity index (χ4v) is 2.51. The molecule has 102 valence electrons. The third-order valence-corrected chi connectivity index (χ3v) is 3.36. The van der Waals surface area contributed by atoms with Crippen LogP contribution in [0.1, 0.15) is 25.7 Å². The van der Waals surface area contributed by atoms with E-state index in [4.69, 9.17) is 4.74 Å². The lowest BCUT2D eigenvalue weighted by molar-refractivity contribution is -0.204. The van der Waals surface area contributed by atoms with Crippen LogP contribution in [0.5, 0.6) is 0 Å². The minimum absolute atomic E-state index is 0.354. The molecule has 1 atom stereocenters. The number of ketones is 1. The van der Waals surface area contributed by atoms with E-state index in [2.05, 4.69) is 0 Å². The third kappa shape index (κ3) is 2.66. The van der Waals surface area contributed by atoms with E-state index in [0.717, 1.165) is 4.90 Å².